The molecular formula is C19H14ClN3O2S3. The minimum atomic E-state index is -0.463. The fourth-order valence-corrected chi connectivity index (χ4v) is 6.06. The van der Waals surface area contributed by atoms with Gasteiger partial charge in [0.25, 0.3) is 0 Å². The van der Waals surface area contributed by atoms with Crippen molar-refractivity contribution < 1.29 is 9.59 Å². The average Bonchev–Trinajstić information content (AvgIpc) is 3.26. The number of hydrogen-bond acceptors (Lipinski definition) is 7. The Labute approximate surface area is 179 Å². The van der Waals surface area contributed by atoms with E-state index < -0.39 is 5.25 Å². The first-order valence-corrected chi connectivity index (χ1v) is 11.5. The summed E-state index contributed by atoms with van der Waals surface area (Å²) in [4.78, 5) is 26.3. The van der Waals surface area contributed by atoms with Crippen LogP contribution in [0.5, 0.6) is 0 Å². The first-order chi connectivity index (χ1) is 13.6. The fraction of sp³-hybridized carbons (Fsp3) is 0.158. The molecule has 1 aliphatic rings. The summed E-state index contributed by atoms with van der Waals surface area (Å²) in [6.45, 7) is 0. The number of hydrogen-bond donors (Lipinski definition) is 0. The van der Waals surface area contributed by atoms with E-state index in [0.29, 0.717) is 15.0 Å². The lowest BCUT2D eigenvalue weighted by Gasteiger charge is -2.14. The minimum Gasteiger partial charge on any atom is -0.274 e. The van der Waals surface area contributed by atoms with Crippen molar-refractivity contribution in [3.63, 3.8) is 0 Å². The quantitative estimate of drug-likeness (QED) is 0.395. The van der Waals surface area contributed by atoms with Crippen molar-refractivity contribution in [3.05, 3.63) is 65.2 Å². The lowest BCUT2D eigenvalue weighted by Crippen LogP contribution is -2.30. The van der Waals surface area contributed by atoms with Gasteiger partial charge >= 0.3 is 0 Å². The number of thioether (sulfide) groups is 2. The van der Waals surface area contributed by atoms with Crippen molar-refractivity contribution in [1.29, 1.82) is 0 Å². The number of aromatic nitrogens is 2. The molecule has 1 aliphatic heterocycles. The Hall–Kier alpha value is -1.87. The third-order valence-corrected chi connectivity index (χ3v) is 7.68. The first kappa shape index (κ1) is 19.4. The third-order valence-electron chi connectivity index (χ3n) is 4.03. The van der Waals surface area contributed by atoms with Crippen LogP contribution in [0, 0.1) is 0 Å². The van der Waals surface area contributed by atoms with Gasteiger partial charge in [0, 0.05) is 17.2 Å². The van der Waals surface area contributed by atoms with Crippen LogP contribution >= 0.6 is 46.5 Å². The molecule has 2 aromatic carbocycles. The number of rotatable bonds is 6. The molecule has 1 atom stereocenters. The van der Waals surface area contributed by atoms with Crippen molar-refractivity contribution in [1.82, 2.24) is 10.2 Å². The molecule has 28 heavy (non-hydrogen) atoms. The molecule has 142 valence electrons. The summed E-state index contributed by atoms with van der Waals surface area (Å²) in [5, 5.41) is 8.61. The molecule has 0 saturated carbocycles. The number of imide groups is 1. The molecule has 4 rings (SSSR count). The standard InChI is InChI=1S/C19H14ClN3O2S3/c20-13-8-6-12(7-9-13)11-26-18-21-22-19(28-18)27-15-10-16(24)23(17(15)25)14-4-2-1-3-5-14/h1-9,15H,10-11H2. The van der Waals surface area contributed by atoms with Gasteiger partial charge in [0.15, 0.2) is 8.68 Å². The Balaban J connectivity index is 1.38. The summed E-state index contributed by atoms with van der Waals surface area (Å²) in [5.41, 5.74) is 1.76. The zero-order valence-electron chi connectivity index (χ0n) is 14.4. The number of nitrogens with zero attached hydrogens (tertiary/aromatic N) is 3. The van der Waals surface area contributed by atoms with Crippen LogP contribution in [-0.4, -0.2) is 27.3 Å². The molecule has 0 bridgehead atoms. The summed E-state index contributed by atoms with van der Waals surface area (Å²) in [6, 6.07) is 16.7. The molecule has 9 heteroatoms. The van der Waals surface area contributed by atoms with E-state index in [2.05, 4.69) is 10.2 Å². The van der Waals surface area contributed by atoms with Crippen molar-refractivity contribution in [2.75, 3.05) is 4.90 Å². The average molecular weight is 448 g/mol. The third kappa shape index (κ3) is 4.41. The summed E-state index contributed by atoms with van der Waals surface area (Å²) in [6.07, 6.45) is 0.172. The number of carbonyl (C=O) groups excluding carboxylic acids is 2. The van der Waals surface area contributed by atoms with E-state index in [4.69, 9.17) is 11.6 Å². The molecule has 5 nitrogen and oxygen atoms in total. The van der Waals surface area contributed by atoms with Gasteiger partial charge < -0.3 is 0 Å². The molecule has 1 aromatic heterocycles. The van der Waals surface area contributed by atoms with Gasteiger partial charge in [-0.2, -0.15) is 0 Å². The second-order valence-corrected chi connectivity index (χ2v) is 10.0. The zero-order chi connectivity index (χ0) is 19.5. The summed E-state index contributed by atoms with van der Waals surface area (Å²) < 4.78 is 1.52. The Morgan fingerprint density at radius 3 is 2.50 bits per heavy atom. The number of amides is 2. The highest BCUT2D eigenvalue weighted by Crippen LogP contribution is 2.37. The Morgan fingerprint density at radius 2 is 1.75 bits per heavy atom. The molecule has 1 fully saturated rings. The van der Waals surface area contributed by atoms with E-state index >= 15 is 0 Å². The summed E-state index contributed by atoms with van der Waals surface area (Å²) >= 11 is 10.2. The normalized spacial score (nSPS) is 16.8. The van der Waals surface area contributed by atoms with Crippen LogP contribution in [0.25, 0.3) is 0 Å². The van der Waals surface area contributed by atoms with Gasteiger partial charge in [-0.25, -0.2) is 4.90 Å². The van der Waals surface area contributed by atoms with Crippen LogP contribution in [0.2, 0.25) is 5.02 Å². The highest BCUT2D eigenvalue weighted by molar-refractivity contribution is 8.03. The second kappa shape index (κ2) is 8.65. The van der Waals surface area contributed by atoms with Crippen molar-refractivity contribution in [2.24, 2.45) is 0 Å². The number of para-hydroxylation sites is 1. The van der Waals surface area contributed by atoms with E-state index in [9.17, 15) is 9.59 Å². The van der Waals surface area contributed by atoms with E-state index in [1.54, 1.807) is 23.9 Å². The lowest BCUT2D eigenvalue weighted by molar-refractivity contribution is -0.121. The smallest absolute Gasteiger partial charge is 0.247 e. The molecule has 1 saturated heterocycles. The van der Waals surface area contributed by atoms with Crippen LogP contribution in [0.1, 0.15) is 12.0 Å². The van der Waals surface area contributed by atoms with Crippen LogP contribution < -0.4 is 4.90 Å². The van der Waals surface area contributed by atoms with Crippen LogP contribution in [0.15, 0.2) is 63.3 Å². The van der Waals surface area contributed by atoms with Crippen LogP contribution in [-0.2, 0) is 15.3 Å². The zero-order valence-corrected chi connectivity index (χ0v) is 17.7. The van der Waals surface area contributed by atoms with Gasteiger partial charge in [0.1, 0.15) is 5.25 Å². The van der Waals surface area contributed by atoms with Crippen LogP contribution in [0.4, 0.5) is 5.69 Å². The van der Waals surface area contributed by atoms with Gasteiger partial charge in [0.2, 0.25) is 11.8 Å². The summed E-state index contributed by atoms with van der Waals surface area (Å²) in [7, 11) is 0. The van der Waals surface area contributed by atoms with Gasteiger partial charge in [0.05, 0.1) is 5.69 Å². The molecule has 0 aliphatic carbocycles. The number of carbonyl (C=O) groups is 2. The molecule has 0 N–H and O–H groups in total. The topological polar surface area (TPSA) is 63.2 Å². The maximum absolute atomic E-state index is 12.7. The van der Waals surface area contributed by atoms with Gasteiger partial charge in [-0.15, -0.1) is 10.2 Å². The van der Waals surface area contributed by atoms with E-state index in [-0.39, 0.29) is 18.2 Å². The monoisotopic (exact) mass is 447 g/mol. The molecule has 2 amide bonds. The minimum absolute atomic E-state index is 0.172. The number of halogens is 1. The molecule has 2 heterocycles. The Kier molecular flexibility index (Phi) is 6.01. The predicted molar refractivity (Wildman–Crippen MR) is 114 cm³/mol. The highest BCUT2D eigenvalue weighted by Gasteiger charge is 2.40. The molecule has 0 spiro atoms. The number of anilines is 1. The number of benzene rings is 2. The van der Waals surface area contributed by atoms with E-state index in [0.717, 1.165) is 15.7 Å². The molecule has 0 radical (unpaired) electrons. The summed E-state index contributed by atoms with van der Waals surface area (Å²) in [5.74, 6) is 0.376. The highest BCUT2D eigenvalue weighted by atomic mass is 35.5. The molecule has 3 aromatic rings. The predicted octanol–water partition coefficient (Wildman–Crippen LogP) is 4.91. The fourth-order valence-electron chi connectivity index (χ4n) is 2.69. The van der Waals surface area contributed by atoms with E-state index in [1.165, 1.54) is 28.0 Å². The van der Waals surface area contributed by atoms with Crippen molar-refractivity contribution in [3.8, 4) is 0 Å². The first-order valence-electron chi connectivity index (χ1n) is 8.39. The molecular weight excluding hydrogens is 434 g/mol. The van der Waals surface area contributed by atoms with Crippen molar-refractivity contribution in [2.45, 2.75) is 26.1 Å². The van der Waals surface area contributed by atoms with Gasteiger partial charge in [-0.05, 0) is 29.8 Å². The Bertz CT molecular complexity index is 995. The van der Waals surface area contributed by atoms with Gasteiger partial charge in [-0.3, -0.25) is 9.59 Å². The lowest BCUT2D eigenvalue weighted by atomic mass is 10.2. The van der Waals surface area contributed by atoms with Gasteiger partial charge in [-0.1, -0.05) is 76.8 Å². The van der Waals surface area contributed by atoms with E-state index in [1.807, 2.05) is 42.5 Å². The Morgan fingerprint density at radius 1 is 1.04 bits per heavy atom. The maximum atomic E-state index is 12.7. The van der Waals surface area contributed by atoms with Crippen molar-refractivity contribution >= 4 is 64.0 Å². The largest absolute Gasteiger partial charge is 0.274 e. The second-order valence-electron chi connectivity index (χ2n) is 5.96. The maximum Gasteiger partial charge on any atom is 0.247 e. The molecule has 1 unspecified atom stereocenters. The van der Waals surface area contributed by atoms with Crippen LogP contribution in [0.3, 0.4) is 0 Å². The SMILES string of the molecule is O=C1CC(Sc2nnc(SCc3ccc(Cl)cc3)s2)C(=O)N1c1ccccc1.